The lowest BCUT2D eigenvalue weighted by molar-refractivity contribution is -0.925. The smallest absolute Gasteiger partial charge is 0.309 e. The van der Waals surface area contributed by atoms with E-state index in [-0.39, 0.29) is 69.3 Å². The fraction of sp³-hybridized carbons (Fsp3) is 0.522. The number of anilines is 3. The molecule has 1 heterocycles. The highest BCUT2D eigenvalue weighted by atomic mass is 16.7. The van der Waals surface area contributed by atoms with Gasteiger partial charge in [-0.25, -0.2) is 4.57 Å². The Balaban J connectivity index is 0.820. The molecule has 0 unspecified atom stereocenters. The zero-order valence-corrected chi connectivity index (χ0v) is 56.4. The van der Waals surface area contributed by atoms with Crippen LogP contribution in [0, 0.1) is 60.7 Å². The molecule has 1 aromatic heterocycles. The number of hydrogen-bond donors (Lipinski definition) is 3. The lowest BCUT2D eigenvalue weighted by atomic mass is 9.99. The summed E-state index contributed by atoms with van der Waals surface area (Å²) < 4.78 is 25.8. The topological polar surface area (TPSA) is 390 Å². The fourth-order valence-corrected chi connectivity index (χ4v) is 11.1. The number of Topliss-reactive ketones (excluding diaryl/α,β-unsaturated/α-hetero) is 1. The first-order chi connectivity index (χ1) is 47.1. The van der Waals surface area contributed by atoms with Crippen molar-refractivity contribution in [2.24, 2.45) is 0 Å². The number of nitrogens with zero attached hydrogens (tertiary/aromatic N) is 9. The Bertz CT molecular complexity index is 3490. The second-order valence-electron chi connectivity index (χ2n) is 23.6. The highest BCUT2D eigenvalue weighted by molar-refractivity contribution is 5.91. The highest BCUT2D eigenvalue weighted by Gasteiger charge is 2.40. The number of hydrogen-bond acceptors (Lipinski definition) is 21. The van der Waals surface area contributed by atoms with Gasteiger partial charge in [-0.2, -0.15) is 0 Å². The Labute approximate surface area is 568 Å². The standard InChI is InChI=1S/C67H90N12O19/c1-5-79(6-2,7-3)37-18-33-72-34-29-51(30-35-72)21-22-52-23-24-54-46-55(26-25-53(54)45-52)71(4)36-40-97-42-41-96-39-32-69-63(81)20-15-13-11-9-8-10-12-14-16-31-68-64(82)50-98-44-43-95-38-17-19-57(80)27-28-58-59(74(85)86)49-62(77(91)92)66(67(58)78(93)94)70-65-60(75(87)88)47-56(73(83)84)48-61(65)76(89)90/h21-26,29-30,34-35,45-49,70H,5-20,27-28,31-33,36-44,50H2,1-4H3/p+2. The number of quaternary nitrogens is 1. The van der Waals surface area contributed by atoms with Crippen molar-refractivity contribution in [1.82, 2.24) is 10.6 Å². The van der Waals surface area contributed by atoms with E-state index in [2.05, 4.69) is 121 Å². The van der Waals surface area contributed by atoms with Crippen molar-refractivity contribution in [2.45, 2.75) is 124 Å². The average molecular weight is 1370 g/mol. The Kier molecular flexibility index (Phi) is 34.1. The number of pyridine rings is 1. The molecular formula is C67H92N12O19+2. The normalized spacial score (nSPS) is 11.4. The number of non-ortho nitro benzene ring substituents is 1. The van der Waals surface area contributed by atoms with E-state index in [0.717, 1.165) is 82.1 Å². The van der Waals surface area contributed by atoms with Crippen LogP contribution >= 0.6 is 0 Å². The maximum absolute atomic E-state index is 12.8. The van der Waals surface area contributed by atoms with Gasteiger partial charge < -0.3 is 44.3 Å². The lowest BCUT2D eigenvalue weighted by Crippen LogP contribution is -2.49. The molecule has 5 rings (SSSR count). The number of fused-ring (bicyclic) bond motifs is 1. The molecule has 0 fully saturated rings. The van der Waals surface area contributed by atoms with Gasteiger partial charge in [0.2, 0.25) is 11.8 Å². The van der Waals surface area contributed by atoms with Gasteiger partial charge in [-0.15, -0.1) is 0 Å². The molecule has 4 aromatic carbocycles. The fourth-order valence-electron chi connectivity index (χ4n) is 11.1. The van der Waals surface area contributed by atoms with Gasteiger partial charge in [0, 0.05) is 70.4 Å². The van der Waals surface area contributed by atoms with E-state index in [1.165, 1.54) is 53.4 Å². The lowest BCUT2D eigenvalue weighted by Gasteiger charge is -2.35. The molecule has 0 aliphatic carbocycles. The van der Waals surface area contributed by atoms with Crippen molar-refractivity contribution >= 4 is 91.7 Å². The van der Waals surface area contributed by atoms with E-state index in [0.29, 0.717) is 45.9 Å². The van der Waals surface area contributed by atoms with Crippen LogP contribution in [0.2, 0.25) is 0 Å². The largest absolute Gasteiger partial charge is 0.379 e. The van der Waals surface area contributed by atoms with Crippen LogP contribution in [0.4, 0.5) is 51.2 Å². The van der Waals surface area contributed by atoms with Crippen LogP contribution in [0.1, 0.15) is 127 Å². The zero-order valence-electron chi connectivity index (χ0n) is 56.4. The zero-order chi connectivity index (χ0) is 71.4. The molecule has 0 atom stereocenters. The summed E-state index contributed by atoms with van der Waals surface area (Å²) in [6, 6.07) is 18.3. The Morgan fingerprint density at radius 3 is 1.67 bits per heavy atom. The monoisotopic (exact) mass is 1370 g/mol. The van der Waals surface area contributed by atoms with Gasteiger partial charge in [0.1, 0.15) is 18.0 Å². The number of aryl methyl sites for hydroxylation is 1. The van der Waals surface area contributed by atoms with Crippen LogP contribution in [0.15, 0.2) is 79.1 Å². The molecule has 3 N–H and O–H groups in total. The van der Waals surface area contributed by atoms with Crippen molar-refractivity contribution in [3.63, 3.8) is 0 Å². The molecular weight excluding hydrogens is 1280 g/mol. The van der Waals surface area contributed by atoms with Crippen LogP contribution < -0.4 is 25.4 Å². The van der Waals surface area contributed by atoms with Crippen LogP contribution in [0.5, 0.6) is 0 Å². The molecule has 0 saturated heterocycles. The SMILES string of the molecule is CC[N+](CC)(CC)CCC[n+]1ccc(/C=C/c2ccc3cc(N(C)CCOCCOCCNC(=O)CCCCCCCCCCCNC(=O)COCCOCCCC(=O)CCc4c([N+](=O)[O-])cc([N+](=O)[O-])c(Nc5c([N+](=O)[O-])cc([N+](=O)[O-])cc5[N+](=O)[O-])c4[N+](=O)[O-])ccc3c2)cc1. The van der Waals surface area contributed by atoms with Gasteiger partial charge >= 0.3 is 22.7 Å². The molecule has 31 nitrogen and oxygen atoms in total. The maximum atomic E-state index is 12.8. The molecule has 532 valence electrons. The third-order valence-corrected chi connectivity index (χ3v) is 17.0. The molecule has 0 aliphatic heterocycles. The summed E-state index contributed by atoms with van der Waals surface area (Å²) in [4.78, 5) is 104. The van der Waals surface area contributed by atoms with E-state index in [4.69, 9.17) is 18.9 Å². The number of unbranched alkanes of at least 4 members (excludes halogenated alkanes) is 8. The average Bonchev–Trinajstić information content (AvgIpc) is 0.763. The molecule has 98 heavy (non-hydrogen) atoms. The first-order valence-electron chi connectivity index (χ1n) is 33.2. The van der Waals surface area contributed by atoms with Crippen LogP contribution in [0.25, 0.3) is 22.9 Å². The third-order valence-electron chi connectivity index (χ3n) is 17.0. The summed E-state index contributed by atoms with van der Waals surface area (Å²) >= 11 is 0. The van der Waals surface area contributed by atoms with Crippen LogP contribution in [0.3, 0.4) is 0 Å². The van der Waals surface area contributed by atoms with Crippen molar-refractivity contribution in [3.8, 4) is 0 Å². The van der Waals surface area contributed by atoms with Crippen molar-refractivity contribution in [1.29, 1.82) is 0 Å². The summed E-state index contributed by atoms with van der Waals surface area (Å²) in [5.74, 6) is -0.834. The second-order valence-corrected chi connectivity index (χ2v) is 23.6. The number of rotatable bonds is 51. The minimum atomic E-state index is -1.40. The van der Waals surface area contributed by atoms with Crippen molar-refractivity contribution < 1.29 is 71.9 Å². The minimum absolute atomic E-state index is 0.0225. The number of ketones is 1. The first kappa shape index (κ1) is 79.1. The number of benzene rings is 4. The summed E-state index contributed by atoms with van der Waals surface area (Å²) in [5.41, 5.74) is -7.71. The Morgan fingerprint density at radius 1 is 0.510 bits per heavy atom. The predicted molar refractivity (Wildman–Crippen MR) is 368 cm³/mol. The van der Waals surface area contributed by atoms with Crippen molar-refractivity contribution in [3.05, 3.63) is 156 Å². The molecule has 2 amide bonds. The molecule has 0 bridgehead atoms. The van der Waals surface area contributed by atoms with Gasteiger partial charge in [-0.3, -0.25) is 75.1 Å². The Hall–Kier alpha value is -9.56. The van der Waals surface area contributed by atoms with E-state index in [9.17, 15) is 75.1 Å². The third kappa shape index (κ3) is 26.5. The number of nitrogens with one attached hydrogen (secondary N) is 3. The maximum Gasteiger partial charge on any atom is 0.309 e. The number of nitro benzene ring substituents is 6. The summed E-state index contributed by atoms with van der Waals surface area (Å²) in [6.45, 7) is 16.2. The summed E-state index contributed by atoms with van der Waals surface area (Å²) in [7, 11) is 2.06. The number of amides is 2. The number of nitro groups is 6. The van der Waals surface area contributed by atoms with Gasteiger partial charge in [-0.1, -0.05) is 75.3 Å². The summed E-state index contributed by atoms with van der Waals surface area (Å²) in [6.07, 6.45) is 17.9. The molecule has 0 spiro atoms. The molecule has 0 radical (unpaired) electrons. The predicted octanol–water partition coefficient (Wildman–Crippen LogP) is 11.4. The van der Waals surface area contributed by atoms with E-state index < -0.39 is 99.2 Å². The quantitative estimate of drug-likeness (QED) is 0.0107. The van der Waals surface area contributed by atoms with Crippen LogP contribution in [-0.2, 0) is 46.3 Å². The number of carbonyl (C=O) groups excluding carboxylic acids is 3. The number of carbonyl (C=O) groups is 3. The van der Waals surface area contributed by atoms with E-state index >= 15 is 0 Å². The van der Waals surface area contributed by atoms with E-state index in [1.54, 1.807) is 0 Å². The van der Waals surface area contributed by atoms with Crippen LogP contribution in [-0.4, -0.2) is 157 Å². The van der Waals surface area contributed by atoms with Gasteiger partial charge in [0.25, 0.3) is 11.4 Å². The van der Waals surface area contributed by atoms with Gasteiger partial charge in [0.05, 0.1) is 120 Å². The number of likely N-dealkylation sites (N-methyl/N-ethyl adjacent to an activating group) is 1. The van der Waals surface area contributed by atoms with Crippen molar-refractivity contribution in [2.75, 3.05) is 116 Å². The van der Waals surface area contributed by atoms with Gasteiger partial charge in [-0.05, 0) is 86.6 Å². The molecule has 5 aromatic rings. The van der Waals surface area contributed by atoms with Gasteiger partial charge in [0.15, 0.2) is 30.3 Å². The van der Waals surface area contributed by atoms with E-state index in [1.807, 2.05) is 5.32 Å². The molecule has 31 heteroatoms. The second kappa shape index (κ2) is 42.2. The molecule has 0 aliphatic rings. The molecule has 0 saturated carbocycles. The first-order valence-corrected chi connectivity index (χ1v) is 33.2. The minimum Gasteiger partial charge on any atom is -0.379 e. The Morgan fingerprint density at radius 2 is 1.06 bits per heavy atom. The highest BCUT2D eigenvalue weighted by Crippen LogP contribution is 2.48. The number of ether oxygens (including phenoxy) is 4. The number of aromatic nitrogens is 1. The summed E-state index contributed by atoms with van der Waals surface area (Å²) in [5, 5.41) is 81.6.